The number of aliphatic hydroxyl groups excluding tert-OH is 1. The predicted octanol–water partition coefficient (Wildman–Crippen LogP) is 2.50. The van der Waals surface area contributed by atoms with Crippen LogP contribution in [0.2, 0.25) is 5.28 Å². The average molecular weight is 324 g/mol. The van der Waals surface area contributed by atoms with Gasteiger partial charge >= 0.3 is 5.97 Å². The second-order valence-corrected chi connectivity index (χ2v) is 5.58. The number of anilines is 1. The molecular weight excluding hydrogens is 306 g/mol. The van der Waals surface area contributed by atoms with Gasteiger partial charge in [-0.25, -0.2) is 14.8 Å². The summed E-state index contributed by atoms with van der Waals surface area (Å²) in [5, 5.41) is 13.4. The van der Waals surface area contributed by atoms with E-state index in [-0.39, 0.29) is 23.9 Å². The fourth-order valence-electron chi connectivity index (χ4n) is 2.05. The number of hydrogen-bond acceptors (Lipinski definition) is 6. The van der Waals surface area contributed by atoms with E-state index in [0.717, 1.165) is 5.39 Å². The largest absolute Gasteiger partial charge is 0.465 e. The molecule has 0 amide bonds. The number of halogens is 1. The Bertz CT molecular complexity index is 691. The molecule has 0 aliphatic carbocycles. The number of carbonyl (C=O) groups excluding carboxylic acids is 1. The highest BCUT2D eigenvalue weighted by Crippen LogP contribution is 2.25. The second-order valence-electron chi connectivity index (χ2n) is 5.24. The highest BCUT2D eigenvalue weighted by molar-refractivity contribution is 6.28. The third kappa shape index (κ3) is 3.45. The van der Waals surface area contributed by atoms with Crippen molar-refractivity contribution in [3.05, 3.63) is 29.0 Å². The summed E-state index contributed by atoms with van der Waals surface area (Å²) in [7, 11) is 1.32. The van der Waals surface area contributed by atoms with Gasteiger partial charge in [0.1, 0.15) is 5.82 Å². The van der Waals surface area contributed by atoms with Crippen LogP contribution in [0.4, 0.5) is 5.82 Å². The quantitative estimate of drug-likeness (QED) is 0.649. The molecule has 0 saturated carbocycles. The van der Waals surface area contributed by atoms with E-state index in [1.165, 1.54) is 7.11 Å². The Morgan fingerprint density at radius 3 is 2.73 bits per heavy atom. The van der Waals surface area contributed by atoms with Crippen LogP contribution in [0.3, 0.4) is 0 Å². The van der Waals surface area contributed by atoms with Crippen LogP contribution in [0.5, 0.6) is 0 Å². The lowest BCUT2D eigenvalue weighted by molar-refractivity contribution is 0.0601. The van der Waals surface area contributed by atoms with Crippen molar-refractivity contribution < 1.29 is 14.6 Å². The number of aromatic nitrogens is 2. The second kappa shape index (κ2) is 6.89. The number of methoxy groups -OCH3 is 1. The van der Waals surface area contributed by atoms with Gasteiger partial charge in [0.15, 0.2) is 0 Å². The summed E-state index contributed by atoms with van der Waals surface area (Å²) in [4.78, 5) is 19.9. The van der Waals surface area contributed by atoms with E-state index in [4.69, 9.17) is 16.3 Å². The molecule has 2 rings (SSSR count). The molecule has 0 radical (unpaired) electrons. The number of aliphatic hydroxyl groups is 1. The van der Waals surface area contributed by atoms with Gasteiger partial charge < -0.3 is 15.2 Å². The molecule has 1 aromatic heterocycles. The van der Waals surface area contributed by atoms with E-state index >= 15 is 0 Å². The lowest BCUT2D eigenvalue weighted by Gasteiger charge is -2.21. The summed E-state index contributed by atoms with van der Waals surface area (Å²) in [6.45, 7) is 3.96. The Labute approximate surface area is 133 Å². The standard InChI is InChI=1S/C15H18ClN3O3/c1-8(2)12(7-20)17-13-10-5-4-9(14(21)22-3)6-11(10)18-15(16)19-13/h4-6,8,12,20H,7H2,1-3H3,(H,17,18,19). The van der Waals surface area contributed by atoms with Gasteiger partial charge in [0.25, 0.3) is 0 Å². The predicted molar refractivity (Wildman–Crippen MR) is 85.2 cm³/mol. The number of carbonyl (C=O) groups is 1. The van der Waals surface area contributed by atoms with Crippen molar-refractivity contribution in [2.24, 2.45) is 5.92 Å². The third-order valence-corrected chi connectivity index (χ3v) is 3.58. The molecule has 1 atom stereocenters. The molecule has 1 unspecified atom stereocenters. The summed E-state index contributed by atoms with van der Waals surface area (Å²) in [6, 6.07) is 4.81. The number of ether oxygens (including phenoxy) is 1. The van der Waals surface area contributed by atoms with Crippen LogP contribution < -0.4 is 5.32 Å². The first-order chi connectivity index (χ1) is 10.5. The first kappa shape index (κ1) is 16.5. The molecule has 1 aromatic carbocycles. The first-order valence-electron chi connectivity index (χ1n) is 6.89. The molecule has 0 fully saturated rings. The maximum atomic E-state index is 11.6. The smallest absolute Gasteiger partial charge is 0.337 e. The lowest BCUT2D eigenvalue weighted by Crippen LogP contribution is -2.30. The summed E-state index contributed by atoms with van der Waals surface area (Å²) in [5.74, 6) is 0.295. The van der Waals surface area contributed by atoms with Crippen LogP contribution in [-0.2, 0) is 4.74 Å². The lowest BCUT2D eigenvalue weighted by atomic mass is 10.1. The highest BCUT2D eigenvalue weighted by atomic mass is 35.5. The van der Waals surface area contributed by atoms with E-state index in [1.54, 1.807) is 18.2 Å². The summed E-state index contributed by atoms with van der Waals surface area (Å²) in [6.07, 6.45) is 0. The molecule has 0 bridgehead atoms. The zero-order chi connectivity index (χ0) is 16.3. The molecule has 118 valence electrons. The molecular formula is C15H18ClN3O3. The van der Waals surface area contributed by atoms with E-state index < -0.39 is 5.97 Å². The van der Waals surface area contributed by atoms with Crippen LogP contribution in [0, 0.1) is 5.92 Å². The van der Waals surface area contributed by atoms with E-state index in [9.17, 15) is 9.90 Å². The Kier molecular flexibility index (Phi) is 5.15. The summed E-state index contributed by atoms with van der Waals surface area (Å²) in [5.41, 5.74) is 0.920. The monoisotopic (exact) mass is 323 g/mol. The maximum Gasteiger partial charge on any atom is 0.337 e. The molecule has 2 N–H and O–H groups in total. The van der Waals surface area contributed by atoms with Crippen molar-refractivity contribution in [1.29, 1.82) is 0 Å². The zero-order valence-corrected chi connectivity index (χ0v) is 13.4. The van der Waals surface area contributed by atoms with Gasteiger partial charge in [-0.05, 0) is 35.7 Å². The van der Waals surface area contributed by atoms with Crippen LogP contribution in [0.1, 0.15) is 24.2 Å². The number of nitrogens with zero attached hydrogens (tertiary/aromatic N) is 2. The fraction of sp³-hybridized carbons (Fsp3) is 0.400. The zero-order valence-electron chi connectivity index (χ0n) is 12.6. The fourth-order valence-corrected chi connectivity index (χ4v) is 2.23. The Morgan fingerprint density at radius 1 is 1.41 bits per heavy atom. The molecule has 6 nitrogen and oxygen atoms in total. The van der Waals surface area contributed by atoms with E-state index in [1.807, 2.05) is 13.8 Å². The summed E-state index contributed by atoms with van der Waals surface area (Å²) >= 11 is 5.95. The SMILES string of the molecule is COC(=O)c1ccc2c(NC(CO)C(C)C)nc(Cl)nc2c1. The average Bonchev–Trinajstić information content (AvgIpc) is 2.50. The normalized spacial score (nSPS) is 12.5. The number of nitrogens with one attached hydrogen (secondary N) is 1. The van der Waals surface area contributed by atoms with Crippen molar-refractivity contribution in [2.75, 3.05) is 19.0 Å². The van der Waals surface area contributed by atoms with Gasteiger partial charge in [-0.2, -0.15) is 0 Å². The van der Waals surface area contributed by atoms with Crippen LogP contribution in [-0.4, -0.2) is 40.8 Å². The van der Waals surface area contributed by atoms with Gasteiger partial charge in [-0.1, -0.05) is 13.8 Å². The highest BCUT2D eigenvalue weighted by Gasteiger charge is 2.16. The number of hydrogen-bond donors (Lipinski definition) is 2. The Hall–Kier alpha value is -1.92. The molecule has 1 heterocycles. The molecule has 0 spiro atoms. The molecule has 0 aliphatic heterocycles. The third-order valence-electron chi connectivity index (χ3n) is 3.41. The van der Waals surface area contributed by atoms with Gasteiger partial charge in [0.05, 0.1) is 30.8 Å². The van der Waals surface area contributed by atoms with Crippen molar-refractivity contribution in [3.8, 4) is 0 Å². The molecule has 0 saturated heterocycles. The van der Waals surface area contributed by atoms with Gasteiger partial charge in [-0.3, -0.25) is 0 Å². The van der Waals surface area contributed by atoms with Crippen molar-refractivity contribution in [2.45, 2.75) is 19.9 Å². The summed E-state index contributed by atoms with van der Waals surface area (Å²) < 4.78 is 4.70. The Balaban J connectivity index is 2.48. The minimum Gasteiger partial charge on any atom is -0.465 e. The minimum atomic E-state index is -0.443. The Morgan fingerprint density at radius 2 is 2.14 bits per heavy atom. The first-order valence-corrected chi connectivity index (χ1v) is 7.27. The van der Waals surface area contributed by atoms with Gasteiger partial charge in [0, 0.05) is 5.39 Å². The topological polar surface area (TPSA) is 84.3 Å². The van der Waals surface area contributed by atoms with E-state index in [0.29, 0.717) is 16.9 Å². The number of rotatable bonds is 5. The van der Waals surface area contributed by atoms with Crippen molar-refractivity contribution in [3.63, 3.8) is 0 Å². The van der Waals surface area contributed by atoms with Crippen molar-refractivity contribution in [1.82, 2.24) is 9.97 Å². The molecule has 2 aromatic rings. The molecule has 7 heteroatoms. The van der Waals surface area contributed by atoms with Gasteiger partial charge in [-0.15, -0.1) is 0 Å². The number of fused-ring (bicyclic) bond motifs is 1. The van der Waals surface area contributed by atoms with E-state index in [2.05, 4.69) is 15.3 Å². The van der Waals surface area contributed by atoms with Gasteiger partial charge in [0.2, 0.25) is 5.28 Å². The molecule has 0 aliphatic rings. The van der Waals surface area contributed by atoms with Crippen LogP contribution in [0.25, 0.3) is 10.9 Å². The van der Waals surface area contributed by atoms with Crippen LogP contribution >= 0.6 is 11.6 Å². The number of esters is 1. The number of benzene rings is 1. The minimum absolute atomic E-state index is 0.0268. The maximum absolute atomic E-state index is 11.6. The molecule has 22 heavy (non-hydrogen) atoms. The van der Waals surface area contributed by atoms with Crippen molar-refractivity contribution >= 4 is 34.3 Å². The van der Waals surface area contributed by atoms with Crippen LogP contribution in [0.15, 0.2) is 18.2 Å².